The van der Waals surface area contributed by atoms with E-state index in [9.17, 15) is 0 Å². The van der Waals surface area contributed by atoms with Crippen molar-refractivity contribution >= 4 is 16.9 Å². The monoisotopic (exact) mass is 284 g/mol. The van der Waals surface area contributed by atoms with Crippen molar-refractivity contribution in [2.24, 2.45) is 10.7 Å². The number of hydrogen-bond acceptors (Lipinski definition) is 5. The first kappa shape index (κ1) is 13.8. The number of fused-ring (bicyclic) bond motifs is 1. The molecular formula is C16H20N4O. The average Bonchev–Trinajstić information content (AvgIpc) is 2.85. The topological polar surface area (TPSA) is 63.7 Å². The van der Waals surface area contributed by atoms with E-state index < -0.39 is 0 Å². The summed E-state index contributed by atoms with van der Waals surface area (Å²) in [5.74, 6) is 0.596. The minimum Gasteiger partial charge on any atom is -0.383 e. The zero-order chi connectivity index (χ0) is 14.8. The molecule has 0 saturated carbocycles. The van der Waals surface area contributed by atoms with Gasteiger partial charge in [-0.25, -0.2) is 0 Å². The highest BCUT2D eigenvalue weighted by Crippen LogP contribution is 2.27. The first-order valence-corrected chi connectivity index (χ1v) is 7.12. The molecule has 1 unspecified atom stereocenters. The minimum absolute atomic E-state index is 0.186. The van der Waals surface area contributed by atoms with Crippen molar-refractivity contribution in [3.05, 3.63) is 41.6 Å². The Kier molecular flexibility index (Phi) is 3.75. The molecular weight excluding hydrogens is 264 g/mol. The van der Waals surface area contributed by atoms with E-state index in [0.29, 0.717) is 19.1 Å². The first-order chi connectivity index (χ1) is 10.2. The summed E-state index contributed by atoms with van der Waals surface area (Å²) in [5.41, 5.74) is 9.26. The van der Waals surface area contributed by atoms with E-state index in [1.807, 2.05) is 13.0 Å². The number of pyridine rings is 1. The Balaban J connectivity index is 1.90. The van der Waals surface area contributed by atoms with Crippen LogP contribution in [-0.4, -0.2) is 42.6 Å². The lowest BCUT2D eigenvalue weighted by molar-refractivity contribution is 0.166. The van der Waals surface area contributed by atoms with Gasteiger partial charge in [-0.05, 0) is 30.7 Å². The van der Waals surface area contributed by atoms with E-state index in [1.165, 1.54) is 5.56 Å². The average molecular weight is 284 g/mol. The third-order valence-corrected chi connectivity index (χ3v) is 3.87. The van der Waals surface area contributed by atoms with E-state index in [2.05, 4.69) is 39.1 Å². The van der Waals surface area contributed by atoms with Crippen LogP contribution in [0.15, 0.2) is 35.3 Å². The van der Waals surface area contributed by atoms with E-state index in [-0.39, 0.29) is 6.04 Å². The second-order valence-electron chi connectivity index (χ2n) is 5.31. The number of benzene rings is 1. The van der Waals surface area contributed by atoms with Gasteiger partial charge in [-0.2, -0.15) is 0 Å². The summed E-state index contributed by atoms with van der Waals surface area (Å²) in [7, 11) is 1.70. The molecule has 2 heterocycles. The van der Waals surface area contributed by atoms with Crippen LogP contribution in [-0.2, 0) is 4.74 Å². The fourth-order valence-electron chi connectivity index (χ4n) is 2.73. The highest BCUT2D eigenvalue weighted by atomic mass is 16.5. The lowest BCUT2D eigenvalue weighted by Gasteiger charge is -2.26. The molecule has 0 spiro atoms. The zero-order valence-electron chi connectivity index (χ0n) is 12.4. The van der Waals surface area contributed by atoms with E-state index in [1.54, 1.807) is 7.11 Å². The highest BCUT2D eigenvalue weighted by Gasteiger charge is 2.27. The van der Waals surface area contributed by atoms with Gasteiger partial charge in [0.1, 0.15) is 0 Å². The predicted molar refractivity (Wildman–Crippen MR) is 84.3 cm³/mol. The number of hydrogen-bond donors (Lipinski definition) is 1. The number of aliphatic imine (C=N–C) groups is 1. The normalized spacial score (nSPS) is 18.3. The molecule has 1 aliphatic rings. The van der Waals surface area contributed by atoms with Crippen LogP contribution in [0.1, 0.15) is 17.3 Å². The zero-order valence-corrected chi connectivity index (χ0v) is 12.4. The number of aryl methyl sites for hydroxylation is 1. The SMILES string of the molecule is COCCN1C(N)=NCC1c1ccc2nc(C)ccc2c1. The summed E-state index contributed by atoms with van der Waals surface area (Å²) >= 11 is 0. The van der Waals surface area contributed by atoms with E-state index in [0.717, 1.165) is 23.1 Å². The van der Waals surface area contributed by atoms with Crippen molar-refractivity contribution in [3.63, 3.8) is 0 Å². The van der Waals surface area contributed by atoms with E-state index >= 15 is 0 Å². The second-order valence-corrected chi connectivity index (χ2v) is 5.31. The molecule has 1 aliphatic heterocycles. The van der Waals surface area contributed by atoms with Crippen LogP contribution in [0.2, 0.25) is 0 Å². The Morgan fingerprint density at radius 3 is 3.00 bits per heavy atom. The summed E-state index contributed by atoms with van der Waals surface area (Å²) in [6, 6.07) is 10.7. The standard InChI is InChI=1S/C16H20N4O/c1-11-3-4-12-9-13(5-6-14(12)19-11)15-10-18-16(17)20(15)7-8-21-2/h3-6,9,15H,7-8,10H2,1-2H3,(H2,17,18). The largest absolute Gasteiger partial charge is 0.383 e. The molecule has 0 fully saturated rings. The number of aromatic nitrogens is 1. The summed E-state index contributed by atoms with van der Waals surface area (Å²) in [6.45, 7) is 4.09. The molecule has 1 aromatic carbocycles. The van der Waals surface area contributed by atoms with Gasteiger partial charge < -0.3 is 15.4 Å². The summed E-state index contributed by atoms with van der Waals surface area (Å²) in [4.78, 5) is 11.0. The van der Waals surface area contributed by atoms with Crippen LogP contribution in [0.25, 0.3) is 10.9 Å². The quantitative estimate of drug-likeness (QED) is 0.931. The van der Waals surface area contributed by atoms with Crippen LogP contribution in [0.4, 0.5) is 0 Å². The first-order valence-electron chi connectivity index (χ1n) is 7.12. The van der Waals surface area contributed by atoms with Crippen molar-refractivity contribution in [3.8, 4) is 0 Å². The highest BCUT2D eigenvalue weighted by molar-refractivity contribution is 5.82. The maximum absolute atomic E-state index is 5.99. The van der Waals surface area contributed by atoms with Gasteiger partial charge in [-0.1, -0.05) is 12.1 Å². The van der Waals surface area contributed by atoms with Crippen LogP contribution in [0, 0.1) is 6.92 Å². The molecule has 0 aliphatic carbocycles. The lowest BCUT2D eigenvalue weighted by Crippen LogP contribution is -2.38. The van der Waals surface area contributed by atoms with E-state index in [4.69, 9.17) is 10.5 Å². The number of guanidine groups is 1. The second kappa shape index (κ2) is 5.69. The van der Waals surface area contributed by atoms with Gasteiger partial charge in [0.25, 0.3) is 0 Å². The van der Waals surface area contributed by atoms with Gasteiger partial charge in [0.15, 0.2) is 5.96 Å². The molecule has 110 valence electrons. The van der Waals surface area contributed by atoms with Crippen molar-refractivity contribution < 1.29 is 4.74 Å². The third kappa shape index (κ3) is 2.69. The molecule has 0 amide bonds. The predicted octanol–water partition coefficient (Wildman–Crippen LogP) is 1.86. The van der Waals surface area contributed by atoms with Crippen LogP contribution >= 0.6 is 0 Å². The van der Waals surface area contributed by atoms with Crippen LogP contribution in [0.5, 0.6) is 0 Å². The molecule has 1 atom stereocenters. The van der Waals surface area contributed by atoms with Gasteiger partial charge in [0.05, 0.1) is 24.7 Å². The molecule has 5 nitrogen and oxygen atoms in total. The Labute approximate surface area is 124 Å². The number of nitrogens with zero attached hydrogens (tertiary/aromatic N) is 3. The molecule has 21 heavy (non-hydrogen) atoms. The number of nitrogens with two attached hydrogens (primary N) is 1. The Bertz CT molecular complexity index is 683. The van der Waals surface area contributed by atoms with Crippen molar-refractivity contribution in [1.82, 2.24) is 9.88 Å². The molecule has 2 N–H and O–H groups in total. The number of methoxy groups -OCH3 is 1. The van der Waals surface area contributed by atoms with Gasteiger partial charge >= 0.3 is 0 Å². The Morgan fingerprint density at radius 2 is 2.19 bits per heavy atom. The fraction of sp³-hybridized carbons (Fsp3) is 0.375. The molecule has 1 aromatic heterocycles. The Morgan fingerprint density at radius 1 is 1.33 bits per heavy atom. The van der Waals surface area contributed by atoms with Crippen molar-refractivity contribution in [2.45, 2.75) is 13.0 Å². The molecule has 0 saturated heterocycles. The summed E-state index contributed by atoms with van der Waals surface area (Å²) in [6.07, 6.45) is 0. The maximum Gasteiger partial charge on any atom is 0.192 e. The van der Waals surface area contributed by atoms with Gasteiger partial charge in [-0.15, -0.1) is 0 Å². The Hall–Kier alpha value is -2.14. The minimum atomic E-state index is 0.186. The number of rotatable bonds is 4. The molecule has 0 radical (unpaired) electrons. The van der Waals surface area contributed by atoms with Gasteiger partial charge in [-0.3, -0.25) is 9.98 Å². The van der Waals surface area contributed by atoms with Gasteiger partial charge in [0, 0.05) is 24.7 Å². The molecule has 2 aromatic rings. The molecule has 5 heteroatoms. The lowest BCUT2D eigenvalue weighted by atomic mass is 10.0. The van der Waals surface area contributed by atoms with Gasteiger partial charge in [0.2, 0.25) is 0 Å². The summed E-state index contributed by atoms with van der Waals surface area (Å²) in [5, 5.41) is 1.15. The number of ether oxygens (including phenoxy) is 1. The van der Waals surface area contributed by atoms with Crippen molar-refractivity contribution in [2.75, 3.05) is 26.8 Å². The summed E-state index contributed by atoms with van der Waals surface area (Å²) < 4.78 is 5.16. The molecule has 0 bridgehead atoms. The maximum atomic E-state index is 5.99. The van der Waals surface area contributed by atoms with Crippen molar-refractivity contribution in [1.29, 1.82) is 0 Å². The van der Waals surface area contributed by atoms with Crippen LogP contribution < -0.4 is 5.73 Å². The smallest absolute Gasteiger partial charge is 0.192 e. The third-order valence-electron chi connectivity index (χ3n) is 3.87. The van der Waals surface area contributed by atoms with Crippen LogP contribution in [0.3, 0.4) is 0 Å². The molecule has 3 rings (SSSR count). The fourth-order valence-corrected chi connectivity index (χ4v) is 2.73.